The fourth-order valence-corrected chi connectivity index (χ4v) is 3.62. The number of ether oxygens (including phenoxy) is 1. The minimum atomic E-state index is -0.372. The van der Waals surface area contributed by atoms with Crippen molar-refractivity contribution >= 4 is 34.9 Å². The molecule has 1 aromatic rings. The molecule has 1 heterocycles. The number of anilines is 1. The zero-order valence-electron chi connectivity index (χ0n) is 15.2. The zero-order valence-corrected chi connectivity index (χ0v) is 16.0. The van der Waals surface area contributed by atoms with Gasteiger partial charge >= 0.3 is 5.97 Å². The summed E-state index contributed by atoms with van der Waals surface area (Å²) in [6.07, 6.45) is 2.15. The van der Waals surface area contributed by atoms with Crippen LogP contribution in [-0.4, -0.2) is 34.5 Å². The molecule has 1 amide bonds. The summed E-state index contributed by atoms with van der Waals surface area (Å²) in [6.45, 7) is 5.51. The van der Waals surface area contributed by atoms with Crippen molar-refractivity contribution in [2.24, 2.45) is 0 Å². The van der Waals surface area contributed by atoms with E-state index in [4.69, 9.17) is 17.0 Å². The number of allylic oxidation sites excluding steroid dienone is 1. The lowest BCUT2D eigenvalue weighted by molar-refractivity contribution is -0.139. The third-order valence-corrected chi connectivity index (χ3v) is 4.81. The molecule has 1 aliphatic carbocycles. The van der Waals surface area contributed by atoms with E-state index in [1.54, 1.807) is 6.92 Å². The highest BCUT2D eigenvalue weighted by molar-refractivity contribution is 7.80. The summed E-state index contributed by atoms with van der Waals surface area (Å²) in [5.41, 5.74) is 3.03. The molecule has 0 radical (unpaired) electrons. The molecule has 0 bridgehead atoms. The van der Waals surface area contributed by atoms with E-state index in [0.29, 0.717) is 29.0 Å². The van der Waals surface area contributed by atoms with Crippen molar-refractivity contribution in [1.29, 1.82) is 0 Å². The summed E-state index contributed by atoms with van der Waals surface area (Å²) in [5, 5.41) is 6.67. The average Bonchev–Trinajstić information content (AvgIpc) is 3.39. The molecule has 1 aromatic carbocycles. The number of carbonyl (C=O) groups is 2. The second-order valence-electron chi connectivity index (χ2n) is 6.51. The van der Waals surface area contributed by atoms with Gasteiger partial charge in [-0.2, -0.15) is 0 Å². The Balaban J connectivity index is 1.96. The SMILES string of the molecule is CCOC(=O)C1=C(C)N(C2CC2)C(=S)N[C@H]1c1ccc(NC(C)=O)cc1. The summed E-state index contributed by atoms with van der Waals surface area (Å²) in [5.74, 6) is -0.459. The number of nitrogens with zero attached hydrogens (tertiary/aromatic N) is 1. The number of hydrogen-bond donors (Lipinski definition) is 2. The number of benzene rings is 1. The summed E-state index contributed by atoms with van der Waals surface area (Å²) in [6, 6.07) is 7.38. The molecule has 0 unspecified atom stereocenters. The normalized spacial score (nSPS) is 19.9. The van der Waals surface area contributed by atoms with Crippen LogP contribution in [0.15, 0.2) is 35.5 Å². The predicted molar refractivity (Wildman–Crippen MR) is 103 cm³/mol. The van der Waals surface area contributed by atoms with Crippen LogP contribution in [-0.2, 0) is 14.3 Å². The van der Waals surface area contributed by atoms with E-state index in [-0.39, 0.29) is 17.9 Å². The molecule has 138 valence electrons. The van der Waals surface area contributed by atoms with Crippen LogP contribution in [0.4, 0.5) is 5.69 Å². The lowest BCUT2D eigenvalue weighted by atomic mass is 9.94. The highest BCUT2D eigenvalue weighted by Crippen LogP contribution is 2.38. The lowest BCUT2D eigenvalue weighted by Crippen LogP contribution is -2.48. The highest BCUT2D eigenvalue weighted by Gasteiger charge is 2.40. The highest BCUT2D eigenvalue weighted by atomic mass is 32.1. The first-order valence-electron chi connectivity index (χ1n) is 8.77. The Morgan fingerprint density at radius 1 is 1.31 bits per heavy atom. The maximum Gasteiger partial charge on any atom is 0.338 e. The van der Waals surface area contributed by atoms with Gasteiger partial charge in [-0.15, -0.1) is 0 Å². The van der Waals surface area contributed by atoms with Crippen LogP contribution >= 0.6 is 12.2 Å². The van der Waals surface area contributed by atoms with Gasteiger partial charge in [0.1, 0.15) is 0 Å². The molecule has 7 heteroatoms. The van der Waals surface area contributed by atoms with Gasteiger partial charge in [-0.3, -0.25) is 4.79 Å². The number of esters is 1. The van der Waals surface area contributed by atoms with Crippen LogP contribution in [0.2, 0.25) is 0 Å². The number of rotatable bonds is 5. The first kappa shape index (κ1) is 18.4. The van der Waals surface area contributed by atoms with E-state index in [9.17, 15) is 9.59 Å². The van der Waals surface area contributed by atoms with Crippen molar-refractivity contribution in [3.05, 3.63) is 41.1 Å². The fourth-order valence-electron chi connectivity index (χ4n) is 3.22. The van der Waals surface area contributed by atoms with E-state index >= 15 is 0 Å². The van der Waals surface area contributed by atoms with E-state index in [2.05, 4.69) is 10.6 Å². The van der Waals surface area contributed by atoms with Crippen molar-refractivity contribution in [1.82, 2.24) is 10.2 Å². The monoisotopic (exact) mass is 373 g/mol. The number of thiocarbonyl (C=S) groups is 1. The summed E-state index contributed by atoms with van der Waals surface area (Å²) in [4.78, 5) is 25.9. The van der Waals surface area contributed by atoms with Crippen molar-refractivity contribution in [3.8, 4) is 0 Å². The molecular weight excluding hydrogens is 350 g/mol. The van der Waals surface area contributed by atoms with Gasteiger partial charge in [0, 0.05) is 24.4 Å². The largest absolute Gasteiger partial charge is 0.463 e. The maximum absolute atomic E-state index is 12.7. The third kappa shape index (κ3) is 3.72. The Morgan fingerprint density at radius 2 is 1.96 bits per heavy atom. The Labute approximate surface area is 158 Å². The summed E-state index contributed by atoms with van der Waals surface area (Å²) in [7, 11) is 0. The van der Waals surface area contributed by atoms with Crippen molar-refractivity contribution in [2.75, 3.05) is 11.9 Å². The predicted octanol–water partition coefficient (Wildman–Crippen LogP) is 2.88. The van der Waals surface area contributed by atoms with Gasteiger partial charge in [0.05, 0.1) is 18.2 Å². The zero-order chi connectivity index (χ0) is 18.8. The van der Waals surface area contributed by atoms with Gasteiger partial charge in [-0.05, 0) is 56.6 Å². The van der Waals surface area contributed by atoms with E-state index in [0.717, 1.165) is 24.1 Å². The number of carbonyl (C=O) groups excluding carboxylic acids is 2. The van der Waals surface area contributed by atoms with Gasteiger partial charge in [0.2, 0.25) is 5.91 Å². The van der Waals surface area contributed by atoms with Crippen LogP contribution < -0.4 is 10.6 Å². The molecular formula is C19H23N3O3S. The van der Waals surface area contributed by atoms with Crippen LogP contribution in [0, 0.1) is 0 Å². The van der Waals surface area contributed by atoms with Crippen molar-refractivity contribution in [3.63, 3.8) is 0 Å². The first-order valence-corrected chi connectivity index (χ1v) is 9.18. The minimum Gasteiger partial charge on any atom is -0.463 e. The molecule has 3 rings (SSSR count). The van der Waals surface area contributed by atoms with Crippen LogP contribution in [0.25, 0.3) is 0 Å². The third-order valence-electron chi connectivity index (χ3n) is 4.50. The van der Waals surface area contributed by atoms with Crippen LogP contribution in [0.5, 0.6) is 0 Å². The Morgan fingerprint density at radius 3 is 2.50 bits per heavy atom. The first-order chi connectivity index (χ1) is 12.4. The van der Waals surface area contributed by atoms with Gasteiger partial charge in [-0.1, -0.05) is 12.1 Å². The molecule has 2 N–H and O–H groups in total. The molecule has 0 saturated heterocycles. The second-order valence-corrected chi connectivity index (χ2v) is 6.89. The molecule has 26 heavy (non-hydrogen) atoms. The Kier molecular flexibility index (Phi) is 5.27. The maximum atomic E-state index is 12.7. The Bertz CT molecular complexity index is 769. The molecule has 1 aliphatic heterocycles. The molecule has 1 atom stereocenters. The summed E-state index contributed by atoms with van der Waals surface area (Å²) >= 11 is 5.56. The molecule has 1 saturated carbocycles. The topological polar surface area (TPSA) is 70.7 Å². The van der Waals surface area contributed by atoms with E-state index in [1.165, 1.54) is 6.92 Å². The lowest BCUT2D eigenvalue weighted by Gasteiger charge is -2.37. The minimum absolute atomic E-state index is 0.127. The smallest absolute Gasteiger partial charge is 0.338 e. The van der Waals surface area contributed by atoms with Gasteiger partial charge in [0.15, 0.2) is 5.11 Å². The average molecular weight is 373 g/mol. The van der Waals surface area contributed by atoms with E-state index < -0.39 is 0 Å². The summed E-state index contributed by atoms with van der Waals surface area (Å²) < 4.78 is 5.30. The van der Waals surface area contributed by atoms with Gasteiger partial charge in [-0.25, -0.2) is 4.79 Å². The molecule has 6 nitrogen and oxygen atoms in total. The molecule has 0 aromatic heterocycles. The van der Waals surface area contributed by atoms with Gasteiger partial charge < -0.3 is 20.3 Å². The van der Waals surface area contributed by atoms with Crippen molar-refractivity contribution in [2.45, 2.75) is 45.7 Å². The molecule has 2 aliphatic rings. The van der Waals surface area contributed by atoms with Crippen LogP contribution in [0.3, 0.4) is 0 Å². The van der Waals surface area contributed by atoms with Gasteiger partial charge in [0.25, 0.3) is 0 Å². The number of nitrogens with one attached hydrogen (secondary N) is 2. The fraction of sp³-hybridized carbons (Fsp3) is 0.421. The standard InChI is InChI=1S/C19H23N3O3S/c1-4-25-18(24)16-11(2)22(15-9-10-15)19(26)21-17(16)13-5-7-14(8-6-13)20-12(3)23/h5-8,15,17H,4,9-10H2,1-3H3,(H,20,23)(H,21,26)/t17-/m0/s1. The van der Waals surface area contributed by atoms with E-state index in [1.807, 2.05) is 36.1 Å². The molecule has 1 fully saturated rings. The van der Waals surface area contributed by atoms with Crippen molar-refractivity contribution < 1.29 is 14.3 Å². The second kappa shape index (κ2) is 7.45. The Hall–Kier alpha value is -2.41. The number of hydrogen-bond acceptors (Lipinski definition) is 4. The molecule has 0 spiro atoms. The van der Waals surface area contributed by atoms with Crippen LogP contribution in [0.1, 0.15) is 45.2 Å². The number of amides is 1. The quantitative estimate of drug-likeness (QED) is 0.611.